The molecule has 0 spiro atoms. The van der Waals surface area contributed by atoms with Gasteiger partial charge in [0.1, 0.15) is 0 Å². The second-order valence-electron chi connectivity index (χ2n) is 6.06. The van der Waals surface area contributed by atoms with E-state index in [9.17, 15) is 0 Å². The molecule has 2 aromatic carbocycles. The number of benzene rings is 2. The fraction of sp³-hybridized carbons (Fsp3) is 0.400. The molecule has 0 radical (unpaired) electrons. The van der Waals surface area contributed by atoms with Crippen LogP contribution in [0.4, 0.5) is 0 Å². The summed E-state index contributed by atoms with van der Waals surface area (Å²) in [5.41, 5.74) is 5.65. The minimum atomic E-state index is 0.564. The lowest BCUT2D eigenvalue weighted by Gasteiger charge is -2.14. The van der Waals surface area contributed by atoms with Crippen LogP contribution < -0.4 is 5.32 Å². The largest absolute Gasteiger partial charge is 0.314 e. The zero-order valence-electron chi connectivity index (χ0n) is 13.5. The first kappa shape index (κ1) is 15.8. The highest BCUT2D eigenvalue weighted by Crippen LogP contribution is 2.09. The molecule has 0 saturated carbocycles. The lowest BCUT2D eigenvalue weighted by Crippen LogP contribution is -2.28. The van der Waals surface area contributed by atoms with E-state index in [0.717, 1.165) is 19.4 Å². The molecule has 0 fully saturated rings. The Morgan fingerprint density at radius 2 is 1.76 bits per heavy atom. The first-order valence-corrected chi connectivity index (χ1v) is 7.98. The van der Waals surface area contributed by atoms with Crippen molar-refractivity contribution >= 4 is 0 Å². The molecule has 0 heterocycles. The average Bonchev–Trinajstić information content (AvgIpc) is 2.47. The van der Waals surface area contributed by atoms with Gasteiger partial charge in [-0.15, -0.1) is 0 Å². The second kappa shape index (κ2) is 7.99. The quantitative estimate of drug-likeness (QED) is 0.790. The van der Waals surface area contributed by atoms with Gasteiger partial charge >= 0.3 is 0 Å². The number of hydrogen-bond donors (Lipinski definition) is 1. The van der Waals surface area contributed by atoms with Crippen molar-refractivity contribution in [2.75, 3.05) is 6.54 Å². The van der Waals surface area contributed by atoms with Crippen molar-refractivity contribution in [3.05, 3.63) is 70.8 Å². The molecule has 21 heavy (non-hydrogen) atoms. The summed E-state index contributed by atoms with van der Waals surface area (Å²) in [6, 6.07) is 18.1. The fourth-order valence-corrected chi connectivity index (χ4v) is 2.70. The van der Waals surface area contributed by atoms with E-state index >= 15 is 0 Å². The van der Waals surface area contributed by atoms with Crippen LogP contribution in [0.5, 0.6) is 0 Å². The number of rotatable bonds is 7. The number of aryl methyl sites for hydroxylation is 3. The Morgan fingerprint density at radius 3 is 2.52 bits per heavy atom. The van der Waals surface area contributed by atoms with E-state index in [0.29, 0.717) is 6.04 Å². The van der Waals surface area contributed by atoms with Crippen LogP contribution >= 0.6 is 0 Å². The van der Waals surface area contributed by atoms with Gasteiger partial charge in [-0.25, -0.2) is 0 Å². The first-order chi connectivity index (χ1) is 10.1. The van der Waals surface area contributed by atoms with E-state index in [2.05, 4.69) is 74.6 Å². The van der Waals surface area contributed by atoms with Crippen molar-refractivity contribution in [1.82, 2.24) is 5.32 Å². The summed E-state index contributed by atoms with van der Waals surface area (Å²) >= 11 is 0. The van der Waals surface area contributed by atoms with Gasteiger partial charge in [-0.2, -0.15) is 0 Å². The van der Waals surface area contributed by atoms with Gasteiger partial charge in [0, 0.05) is 6.04 Å². The van der Waals surface area contributed by atoms with Gasteiger partial charge < -0.3 is 5.32 Å². The van der Waals surface area contributed by atoms with E-state index in [1.54, 1.807) is 0 Å². The maximum atomic E-state index is 3.64. The molecule has 1 N–H and O–H groups in total. The van der Waals surface area contributed by atoms with Crippen LogP contribution in [0, 0.1) is 13.8 Å². The molecule has 0 amide bonds. The van der Waals surface area contributed by atoms with Crippen molar-refractivity contribution in [2.24, 2.45) is 0 Å². The average molecular weight is 281 g/mol. The second-order valence-corrected chi connectivity index (χ2v) is 6.06. The van der Waals surface area contributed by atoms with Crippen LogP contribution in [-0.2, 0) is 12.8 Å². The van der Waals surface area contributed by atoms with E-state index in [-0.39, 0.29) is 0 Å². The Balaban J connectivity index is 1.70. The normalized spacial score (nSPS) is 12.3. The summed E-state index contributed by atoms with van der Waals surface area (Å²) in [7, 11) is 0. The maximum absolute atomic E-state index is 3.64. The van der Waals surface area contributed by atoms with Crippen LogP contribution in [-0.4, -0.2) is 12.6 Å². The lowest BCUT2D eigenvalue weighted by atomic mass is 10.0. The van der Waals surface area contributed by atoms with Crippen LogP contribution in [0.15, 0.2) is 48.5 Å². The van der Waals surface area contributed by atoms with Gasteiger partial charge in [0.25, 0.3) is 0 Å². The molecule has 1 unspecified atom stereocenters. The molecular weight excluding hydrogens is 254 g/mol. The summed E-state index contributed by atoms with van der Waals surface area (Å²) in [4.78, 5) is 0. The molecule has 2 rings (SSSR count). The highest BCUT2D eigenvalue weighted by molar-refractivity contribution is 5.25. The molecule has 1 nitrogen and oxygen atoms in total. The van der Waals surface area contributed by atoms with Crippen LogP contribution in [0.25, 0.3) is 0 Å². The third-order valence-electron chi connectivity index (χ3n) is 4.10. The minimum absolute atomic E-state index is 0.564. The van der Waals surface area contributed by atoms with Crippen molar-refractivity contribution in [2.45, 2.75) is 46.1 Å². The van der Waals surface area contributed by atoms with Crippen LogP contribution in [0.2, 0.25) is 0 Å². The lowest BCUT2D eigenvalue weighted by molar-refractivity contribution is 0.517. The van der Waals surface area contributed by atoms with Crippen molar-refractivity contribution < 1.29 is 0 Å². The molecule has 1 heteroatoms. The molecule has 0 aliphatic heterocycles. The zero-order chi connectivity index (χ0) is 15.1. The highest BCUT2D eigenvalue weighted by atomic mass is 14.9. The third kappa shape index (κ3) is 5.35. The molecule has 0 aliphatic rings. The third-order valence-corrected chi connectivity index (χ3v) is 4.10. The molecule has 2 aromatic rings. The maximum Gasteiger partial charge on any atom is 0.00420 e. The smallest absolute Gasteiger partial charge is 0.00420 e. The minimum Gasteiger partial charge on any atom is -0.314 e. The molecule has 0 aliphatic carbocycles. The molecule has 0 saturated heterocycles. The monoisotopic (exact) mass is 281 g/mol. The molecular formula is C20H27N. The topological polar surface area (TPSA) is 12.0 Å². The van der Waals surface area contributed by atoms with Gasteiger partial charge in [0.15, 0.2) is 0 Å². The molecule has 0 bridgehead atoms. The number of hydrogen-bond acceptors (Lipinski definition) is 1. The van der Waals surface area contributed by atoms with E-state index in [1.807, 2.05) is 0 Å². The predicted octanol–water partition coefficient (Wildman–Crippen LogP) is 4.46. The molecule has 112 valence electrons. The Labute approximate surface area is 129 Å². The number of nitrogens with one attached hydrogen (secondary N) is 1. The fourth-order valence-electron chi connectivity index (χ4n) is 2.70. The summed E-state index contributed by atoms with van der Waals surface area (Å²) in [5, 5.41) is 3.64. The van der Waals surface area contributed by atoms with Gasteiger partial charge in [-0.3, -0.25) is 0 Å². The van der Waals surface area contributed by atoms with E-state index < -0.39 is 0 Å². The van der Waals surface area contributed by atoms with Gasteiger partial charge in [0.05, 0.1) is 0 Å². The summed E-state index contributed by atoms with van der Waals surface area (Å²) in [6.45, 7) is 7.69. The Hall–Kier alpha value is -1.60. The van der Waals surface area contributed by atoms with Gasteiger partial charge in [-0.1, -0.05) is 54.1 Å². The van der Waals surface area contributed by atoms with Crippen LogP contribution in [0.3, 0.4) is 0 Å². The standard InChI is InChI=1S/C20H27N/c1-16-7-6-9-19(15-16)12-11-18(3)21-14-13-20-10-5-4-8-17(20)2/h4-10,15,18,21H,11-14H2,1-3H3. The van der Waals surface area contributed by atoms with Crippen LogP contribution in [0.1, 0.15) is 35.6 Å². The van der Waals surface area contributed by atoms with E-state index in [4.69, 9.17) is 0 Å². The highest BCUT2D eigenvalue weighted by Gasteiger charge is 2.03. The SMILES string of the molecule is Cc1cccc(CCC(C)NCCc2ccccc2C)c1. The Kier molecular flexibility index (Phi) is 6.01. The Bertz CT molecular complexity index is 559. The molecule has 0 aromatic heterocycles. The van der Waals surface area contributed by atoms with E-state index in [1.165, 1.54) is 28.7 Å². The summed E-state index contributed by atoms with van der Waals surface area (Å²) in [5.74, 6) is 0. The molecule has 1 atom stereocenters. The predicted molar refractivity (Wildman–Crippen MR) is 91.8 cm³/mol. The summed E-state index contributed by atoms with van der Waals surface area (Å²) in [6.07, 6.45) is 3.46. The van der Waals surface area contributed by atoms with Crippen molar-refractivity contribution in [3.8, 4) is 0 Å². The first-order valence-electron chi connectivity index (χ1n) is 7.98. The Morgan fingerprint density at radius 1 is 0.952 bits per heavy atom. The van der Waals surface area contributed by atoms with Crippen molar-refractivity contribution in [3.63, 3.8) is 0 Å². The van der Waals surface area contributed by atoms with Gasteiger partial charge in [-0.05, 0) is 63.3 Å². The van der Waals surface area contributed by atoms with Gasteiger partial charge in [0.2, 0.25) is 0 Å². The summed E-state index contributed by atoms with van der Waals surface area (Å²) < 4.78 is 0. The van der Waals surface area contributed by atoms with Crippen molar-refractivity contribution in [1.29, 1.82) is 0 Å². The zero-order valence-corrected chi connectivity index (χ0v) is 13.5.